The summed E-state index contributed by atoms with van der Waals surface area (Å²) in [7, 11) is 4.19. The van der Waals surface area contributed by atoms with E-state index in [1.807, 2.05) is 6.07 Å². The summed E-state index contributed by atoms with van der Waals surface area (Å²) >= 11 is 0. The lowest BCUT2D eigenvalue weighted by molar-refractivity contribution is 0.258. The maximum Gasteiger partial charge on any atom is 0.165 e. The van der Waals surface area contributed by atoms with E-state index in [-0.39, 0.29) is 17.5 Å². The Balaban J connectivity index is 2.08. The van der Waals surface area contributed by atoms with Crippen LogP contribution in [0.5, 0.6) is 5.75 Å². The van der Waals surface area contributed by atoms with E-state index < -0.39 is 0 Å². The predicted molar refractivity (Wildman–Crippen MR) is 102 cm³/mol. The van der Waals surface area contributed by atoms with Gasteiger partial charge in [-0.2, -0.15) is 5.26 Å². The van der Waals surface area contributed by atoms with E-state index >= 15 is 0 Å². The van der Waals surface area contributed by atoms with Gasteiger partial charge in [-0.1, -0.05) is 25.0 Å². The van der Waals surface area contributed by atoms with Crippen molar-refractivity contribution in [2.24, 2.45) is 0 Å². The highest BCUT2D eigenvalue weighted by atomic mass is 16.3. The number of benzene rings is 1. The molecule has 0 spiro atoms. The minimum atomic E-state index is 0.106. The molecule has 136 valence electrons. The lowest BCUT2D eigenvalue weighted by Crippen LogP contribution is -2.29. The predicted octanol–water partition coefficient (Wildman–Crippen LogP) is 3.28. The van der Waals surface area contributed by atoms with Gasteiger partial charge in [0.15, 0.2) is 5.82 Å². The molecule has 6 heteroatoms. The van der Waals surface area contributed by atoms with Gasteiger partial charge in [0, 0.05) is 12.0 Å². The number of rotatable bonds is 3. The van der Waals surface area contributed by atoms with Gasteiger partial charge in [0.25, 0.3) is 0 Å². The highest BCUT2D eigenvalue weighted by Gasteiger charge is 2.28. The molecule has 0 bridgehead atoms. The lowest BCUT2D eigenvalue weighted by Gasteiger charge is -2.26. The lowest BCUT2D eigenvalue weighted by atomic mass is 9.91. The molecule has 1 saturated carbocycles. The third-order valence-corrected chi connectivity index (χ3v) is 5.24. The third-order valence-electron chi connectivity index (χ3n) is 5.24. The number of nitrogen functional groups attached to an aromatic ring is 1. The minimum absolute atomic E-state index is 0.106. The molecule has 26 heavy (non-hydrogen) atoms. The van der Waals surface area contributed by atoms with Gasteiger partial charge in [0.1, 0.15) is 23.2 Å². The number of phenols is 1. The fraction of sp³-hybridized carbons (Fsp3) is 0.450. The smallest absolute Gasteiger partial charge is 0.165 e. The first-order valence-corrected chi connectivity index (χ1v) is 9.03. The molecule has 0 amide bonds. The topological polar surface area (TPSA) is 99.1 Å². The normalized spacial score (nSPS) is 20.5. The first-order valence-electron chi connectivity index (χ1n) is 9.03. The number of hydrogen-bond donors (Lipinski definition) is 2. The summed E-state index contributed by atoms with van der Waals surface area (Å²) in [5.74, 6) is 0.825. The van der Waals surface area contributed by atoms with Gasteiger partial charge < -0.3 is 15.7 Å². The summed E-state index contributed by atoms with van der Waals surface area (Å²) in [5, 5.41) is 19.8. The molecule has 2 aromatic rings. The first-order chi connectivity index (χ1) is 12.5. The standard InChI is InChI=1S/C20H25N5O/c1-25(2)14-8-4-3-7-13(11-14)18-16(12-21)19(22)24-20(23-18)15-9-5-6-10-17(15)26/h5-6,9-10,13-14,26H,3-4,7-8,11H2,1-2H3,(H2,22,23,24). The number of nitriles is 1. The average Bonchev–Trinajstić information content (AvgIpc) is 2.88. The maximum absolute atomic E-state index is 10.1. The van der Waals surface area contributed by atoms with Crippen LogP contribution >= 0.6 is 0 Å². The van der Waals surface area contributed by atoms with Gasteiger partial charge in [0.05, 0.1) is 11.3 Å². The molecular formula is C20H25N5O. The van der Waals surface area contributed by atoms with Crippen LogP contribution in [0.1, 0.15) is 49.3 Å². The Kier molecular flexibility index (Phi) is 5.38. The molecule has 1 aromatic carbocycles. The van der Waals surface area contributed by atoms with E-state index in [0.717, 1.165) is 25.7 Å². The third kappa shape index (κ3) is 3.63. The summed E-state index contributed by atoms with van der Waals surface area (Å²) in [6.45, 7) is 0. The second kappa shape index (κ2) is 7.71. The average molecular weight is 351 g/mol. The number of anilines is 1. The Labute approximate surface area is 154 Å². The van der Waals surface area contributed by atoms with Crippen LogP contribution in [0, 0.1) is 11.3 Å². The van der Waals surface area contributed by atoms with Gasteiger partial charge >= 0.3 is 0 Å². The number of nitrogens with zero attached hydrogens (tertiary/aromatic N) is 4. The molecule has 0 aliphatic heterocycles. The van der Waals surface area contributed by atoms with Crippen LogP contribution in [0.25, 0.3) is 11.4 Å². The number of phenolic OH excluding ortho intramolecular Hbond substituents is 1. The molecule has 2 atom stereocenters. The highest BCUT2D eigenvalue weighted by Crippen LogP contribution is 2.36. The Morgan fingerprint density at radius 1 is 1.19 bits per heavy atom. The second-order valence-electron chi connectivity index (χ2n) is 7.16. The maximum atomic E-state index is 10.1. The van der Waals surface area contributed by atoms with E-state index in [1.54, 1.807) is 18.2 Å². The Bertz CT molecular complexity index is 827. The van der Waals surface area contributed by atoms with Gasteiger partial charge in [-0.3, -0.25) is 0 Å². The van der Waals surface area contributed by atoms with Crippen LogP contribution in [0.2, 0.25) is 0 Å². The Hall–Kier alpha value is -2.65. The van der Waals surface area contributed by atoms with Gasteiger partial charge in [-0.05, 0) is 45.5 Å². The van der Waals surface area contributed by atoms with Crippen molar-refractivity contribution < 1.29 is 5.11 Å². The van der Waals surface area contributed by atoms with Crippen molar-refractivity contribution in [3.8, 4) is 23.2 Å². The van der Waals surface area contributed by atoms with Crippen LogP contribution in [0.4, 0.5) is 5.82 Å². The summed E-state index contributed by atoms with van der Waals surface area (Å²) < 4.78 is 0. The zero-order valence-electron chi connectivity index (χ0n) is 15.3. The van der Waals surface area contributed by atoms with Gasteiger partial charge in [-0.25, -0.2) is 9.97 Å². The molecule has 2 unspecified atom stereocenters. The Morgan fingerprint density at radius 2 is 1.92 bits per heavy atom. The zero-order chi connectivity index (χ0) is 18.7. The second-order valence-corrected chi connectivity index (χ2v) is 7.16. The molecule has 1 fully saturated rings. The summed E-state index contributed by atoms with van der Waals surface area (Å²) in [5.41, 5.74) is 7.71. The quantitative estimate of drug-likeness (QED) is 0.823. The molecule has 1 heterocycles. The molecular weight excluding hydrogens is 326 g/mol. The Morgan fingerprint density at radius 3 is 2.62 bits per heavy atom. The SMILES string of the molecule is CN(C)C1CCCCC(c2nc(-c3ccccc3O)nc(N)c2C#N)C1. The summed E-state index contributed by atoms with van der Waals surface area (Å²) in [6, 6.07) is 9.58. The molecule has 3 rings (SSSR count). The largest absolute Gasteiger partial charge is 0.507 e. The van der Waals surface area contributed by atoms with Crippen LogP contribution in [-0.2, 0) is 0 Å². The first kappa shape index (κ1) is 18.2. The van der Waals surface area contributed by atoms with Crippen molar-refractivity contribution >= 4 is 5.82 Å². The molecule has 1 aromatic heterocycles. The van der Waals surface area contributed by atoms with Crippen molar-refractivity contribution in [1.82, 2.24) is 14.9 Å². The molecule has 0 saturated heterocycles. The van der Waals surface area contributed by atoms with Gasteiger partial charge in [0.2, 0.25) is 0 Å². The van der Waals surface area contributed by atoms with Crippen LogP contribution in [0.3, 0.4) is 0 Å². The molecule has 1 aliphatic carbocycles. The molecule has 3 N–H and O–H groups in total. The fourth-order valence-corrected chi connectivity index (χ4v) is 3.74. The molecule has 0 radical (unpaired) electrons. The van der Waals surface area contributed by atoms with E-state index in [1.165, 1.54) is 6.42 Å². The van der Waals surface area contributed by atoms with Crippen molar-refractivity contribution in [3.63, 3.8) is 0 Å². The number of hydrogen-bond acceptors (Lipinski definition) is 6. The number of aromatic nitrogens is 2. The molecule has 6 nitrogen and oxygen atoms in total. The van der Waals surface area contributed by atoms with Crippen LogP contribution < -0.4 is 5.73 Å². The van der Waals surface area contributed by atoms with Gasteiger partial charge in [-0.15, -0.1) is 0 Å². The van der Waals surface area contributed by atoms with Crippen LogP contribution in [-0.4, -0.2) is 40.1 Å². The van der Waals surface area contributed by atoms with Crippen molar-refractivity contribution in [1.29, 1.82) is 5.26 Å². The molecule has 1 aliphatic rings. The highest BCUT2D eigenvalue weighted by molar-refractivity contribution is 5.66. The monoisotopic (exact) mass is 351 g/mol. The zero-order valence-corrected chi connectivity index (χ0v) is 15.3. The van der Waals surface area contributed by atoms with E-state index in [0.29, 0.717) is 28.7 Å². The summed E-state index contributed by atoms with van der Waals surface area (Å²) in [4.78, 5) is 11.2. The van der Waals surface area contributed by atoms with Crippen molar-refractivity contribution in [2.45, 2.75) is 44.1 Å². The van der Waals surface area contributed by atoms with E-state index in [9.17, 15) is 10.4 Å². The number of para-hydroxylation sites is 1. The fourth-order valence-electron chi connectivity index (χ4n) is 3.74. The van der Waals surface area contributed by atoms with E-state index in [4.69, 9.17) is 10.7 Å². The van der Waals surface area contributed by atoms with Crippen LogP contribution in [0.15, 0.2) is 24.3 Å². The van der Waals surface area contributed by atoms with Crippen molar-refractivity contribution in [2.75, 3.05) is 19.8 Å². The minimum Gasteiger partial charge on any atom is -0.507 e. The number of nitrogens with two attached hydrogens (primary N) is 1. The van der Waals surface area contributed by atoms with E-state index in [2.05, 4.69) is 30.0 Å². The summed E-state index contributed by atoms with van der Waals surface area (Å²) in [6.07, 6.45) is 5.36. The van der Waals surface area contributed by atoms with Crippen molar-refractivity contribution in [3.05, 3.63) is 35.5 Å². The number of aromatic hydroxyl groups is 1.